The number of hydrogen-bond acceptors (Lipinski definition) is 5. The second-order valence-corrected chi connectivity index (χ2v) is 30.6. The van der Waals surface area contributed by atoms with Gasteiger partial charge in [-0.05, 0) is 231 Å². The topological polar surface area (TPSA) is 9.72 Å². The average molecular weight is 1060 g/mol. The van der Waals surface area contributed by atoms with E-state index in [1.54, 1.807) is 0 Å². The largest absolute Gasteiger partial charge is 0.311 e. The van der Waals surface area contributed by atoms with Crippen LogP contribution in [0.5, 0.6) is 0 Å². The fourth-order valence-electron chi connectivity index (χ4n) is 14.9. The lowest BCUT2D eigenvalue weighted by Crippen LogP contribution is -2.61. The van der Waals surface area contributed by atoms with Crippen LogP contribution >= 0.6 is 23.1 Å². The highest BCUT2D eigenvalue weighted by Gasteiger charge is 2.50. The first kappa shape index (κ1) is 52.0. The summed E-state index contributed by atoms with van der Waals surface area (Å²) in [4.78, 5) is 9.33. The number of nitrogens with zero attached hydrogens (tertiary/aromatic N) is 3. The molecular weight excluding hydrogens is 982 g/mol. The highest BCUT2D eigenvalue weighted by Crippen LogP contribution is 2.56. The van der Waals surface area contributed by atoms with Gasteiger partial charge in [0.15, 0.2) is 0 Å². The molecule has 0 fully saturated rings. The van der Waals surface area contributed by atoms with Gasteiger partial charge in [0.2, 0.25) is 0 Å². The zero-order valence-electron chi connectivity index (χ0n) is 49.5. The van der Waals surface area contributed by atoms with Gasteiger partial charge in [0.05, 0.1) is 11.4 Å². The zero-order valence-corrected chi connectivity index (χ0v) is 51.1. The van der Waals surface area contributed by atoms with Crippen molar-refractivity contribution in [2.24, 2.45) is 0 Å². The van der Waals surface area contributed by atoms with Crippen molar-refractivity contribution in [1.29, 1.82) is 0 Å². The Hall–Kier alpha value is -5.43. The molecule has 4 aliphatic carbocycles. The summed E-state index contributed by atoms with van der Waals surface area (Å²) in [6.45, 7) is 34.6. The number of benzene rings is 6. The van der Waals surface area contributed by atoms with E-state index < -0.39 is 0 Å². The van der Waals surface area contributed by atoms with Crippen LogP contribution in [-0.4, -0.2) is 13.0 Å². The van der Waals surface area contributed by atoms with E-state index in [1.165, 1.54) is 153 Å². The average Bonchev–Trinajstić information content (AvgIpc) is 2.85. The molecule has 6 heteroatoms. The summed E-state index contributed by atoms with van der Waals surface area (Å²) in [5, 5.41) is 1.38. The molecule has 6 aliphatic rings. The van der Waals surface area contributed by atoms with Crippen LogP contribution in [0, 0.1) is 0 Å². The Morgan fingerprint density at radius 2 is 1.06 bits per heavy atom. The quantitative estimate of drug-likeness (QED) is 0.116. The Morgan fingerprint density at radius 3 is 1.64 bits per heavy atom. The number of allylic oxidation sites excluding steroid dienone is 3. The number of hydrogen-bond donors (Lipinski definition) is 0. The number of fused-ring (bicyclic) bond motifs is 9. The molecule has 400 valence electrons. The van der Waals surface area contributed by atoms with Crippen molar-refractivity contribution in [1.82, 2.24) is 0 Å². The molecule has 0 amide bonds. The third kappa shape index (κ3) is 8.01. The lowest BCUT2D eigenvalue weighted by molar-refractivity contribution is 0.332. The predicted molar refractivity (Wildman–Crippen MR) is 343 cm³/mol. The SMILES string of the molecule is CSc1ccc(N(C2=CCCC=C2)c2cc3c4c(c2)N(c2ccc(C(C)C)cc2)c2c(sc5cc6c(cc25)C(C)(C)CCC6(C)C)B4c2cc4c(cc2N3c2ccc3c(c2)C(C)(C)CCC3(C)C)C(C)(C)CCC4(C)C)cc1. The van der Waals surface area contributed by atoms with Crippen molar-refractivity contribution in [2.45, 2.75) is 192 Å². The standard InChI is InChI=1S/C72H82BN3S2/c1-44(2)45-21-23-48(24-22-45)76-62-39-50(74(46-19-17-16-18-20-46)47-25-28-51(77-15)29-26-47)38-61-64(62)73(66-65(76)52-40-55-58(43-63(52)78-66)72(13,14)36-33-69(55,7)8)59-41-56-57(71(11,12)35-34-70(56,9)10)42-60(59)75(61)49-27-30-53-54(37-49)68(5,6)32-31-67(53,3)4/h17,19-30,37-44H,16,18,31-36H2,1-15H3. The van der Waals surface area contributed by atoms with Gasteiger partial charge in [-0.2, -0.15) is 0 Å². The first-order chi connectivity index (χ1) is 36.9. The van der Waals surface area contributed by atoms with E-state index in [-0.39, 0.29) is 39.2 Å². The summed E-state index contributed by atoms with van der Waals surface area (Å²) in [5.74, 6) is 0.427. The van der Waals surface area contributed by atoms with E-state index in [1.807, 2.05) is 11.8 Å². The van der Waals surface area contributed by atoms with Crippen LogP contribution in [0.2, 0.25) is 0 Å². The maximum absolute atomic E-state index is 2.76. The van der Waals surface area contributed by atoms with Gasteiger partial charge in [-0.1, -0.05) is 133 Å². The monoisotopic (exact) mass is 1060 g/mol. The van der Waals surface area contributed by atoms with Gasteiger partial charge < -0.3 is 14.7 Å². The van der Waals surface area contributed by atoms with Crippen LogP contribution in [0.3, 0.4) is 0 Å². The van der Waals surface area contributed by atoms with Gasteiger partial charge >= 0.3 is 0 Å². The summed E-state index contributed by atoms with van der Waals surface area (Å²) >= 11 is 3.88. The molecule has 0 spiro atoms. The molecule has 0 saturated carbocycles. The first-order valence-electron chi connectivity index (χ1n) is 29.5. The molecule has 0 N–H and O–H groups in total. The number of anilines is 8. The van der Waals surface area contributed by atoms with Gasteiger partial charge in [-0.15, -0.1) is 23.1 Å². The maximum atomic E-state index is 2.76. The van der Waals surface area contributed by atoms with E-state index in [2.05, 4.69) is 251 Å². The summed E-state index contributed by atoms with van der Waals surface area (Å²) in [5.41, 5.74) is 24.9. The minimum atomic E-state index is 0.00850. The molecule has 0 radical (unpaired) electrons. The minimum absolute atomic E-state index is 0.00850. The molecule has 3 nitrogen and oxygen atoms in total. The van der Waals surface area contributed by atoms with Crippen molar-refractivity contribution in [3.8, 4) is 0 Å². The number of rotatable bonds is 7. The highest BCUT2D eigenvalue weighted by atomic mass is 32.2. The van der Waals surface area contributed by atoms with Crippen LogP contribution in [0.4, 0.5) is 45.5 Å². The van der Waals surface area contributed by atoms with Crippen molar-refractivity contribution in [3.05, 3.63) is 166 Å². The van der Waals surface area contributed by atoms with E-state index in [0.717, 1.165) is 19.3 Å². The lowest BCUT2D eigenvalue weighted by Gasteiger charge is -2.48. The fraction of sp³-hybridized carbons (Fsp3) is 0.417. The second-order valence-electron chi connectivity index (χ2n) is 28.6. The Morgan fingerprint density at radius 1 is 0.526 bits per heavy atom. The molecule has 0 bridgehead atoms. The van der Waals surface area contributed by atoms with Crippen molar-refractivity contribution in [3.63, 3.8) is 0 Å². The molecule has 0 saturated heterocycles. The van der Waals surface area contributed by atoms with Gasteiger partial charge in [0.1, 0.15) is 0 Å². The molecule has 13 rings (SSSR count). The Bertz CT molecular complexity index is 3670. The molecule has 0 unspecified atom stereocenters. The molecule has 7 aromatic rings. The van der Waals surface area contributed by atoms with Crippen molar-refractivity contribution in [2.75, 3.05) is 21.0 Å². The fourth-order valence-corrected chi connectivity index (χ4v) is 16.7. The zero-order chi connectivity index (χ0) is 54.8. The van der Waals surface area contributed by atoms with E-state index >= 15 is 0 Å². The molecule has 3 heterocycles. The lowest BCUT2D eigenvalue weighted by atomic mass is 9.35. The van der Waals surface area contributed by atoms with Crippen molar-refractivity contribution >= 4 is 101 Å². The Balaban J connectivity index is 1.20. The van der Waals surface area contributed by atoms with Gasteiger partial charge in [0, 0.05) is 59.6 Å². The second kappa shape index (κ2) is 17.8. The first-order valence-corrected chi connectivity index (χ1v) is 31.6. The van der Waals surface area contributed by atoms with Gasteiger partial charge in [0.25, 0.3) is 6.71 Å². The number of thiophene rings is 1. The van der Waals surface area contributed by atoms with Crippen LogP contribution < -0.4 is 30.4 Å². The van der Waals surface area contributed by atoms with E-state index in [4.69, 9.17) is 0 Å². The summed E-state index contributed by atoms with van der Waals surface area (Å²) in [7, 11) is 0. The van der Waals surface area contributed by atoms with Crippen LogP contribution in [-0.2, 0) is 32.5 Å². The maximum Gasteiger partial charge on any atom is 0.264 e. The highest BCUT2D eigenvalue weighted by molar-refractivity contribution is 7.98. The van der Waals surface area contributed by atoms with Gasteiger partial charge in [-0.3, -0.25) is 0 Å². The molecule has 78 heavy (non-hydrogen) atoms. The molecule has 0 atom stereocenters. The summed E-state index contributed by atoms with van der Waals surface area (Å²) < 4.78 is 2.86. The molecule has 2 aliphatic heterocycles. The normalized spacial score (nSPS) is 20.3. The summed E-state index contributed by atoms with van der Waals surface area (Å²) in [6, 6.07) is 42.6. The predicted octanol–water partition coefficient (Wildman–Crippen LogP) is 19.2. The van der Waals surface area contributed by atoms with Crippen LogP contribution in [0.15, 0.2) is 132 Å². The molecule has 1 aromatic heterocycles. The number of thioether (sulfide) groups is 1. The van der Waals surface area contributed by atoms with Crippen molar-refractivity contribution < 1.29 is 0 Å². The Labute approximate surface area is 476 Å². The molecular formula is C72H82BN3S2. The smallest absolute Gasteiger partial charge is 0.264 e. The van der Waals surface area contributed by atoms with E-state index in [9.17, 15) is 0 Å². The Kier molecular flexibility index (Phi) is 11.9. The third-order valence-electron chi connectivity index (χ3n) is 20.3. The van der Waals surface area contributed by atoms with Gasteiger partial charge in [-0.25, -0.2) is 0 Å². The molecule has 6 aromatic carbocycles. The van der Waals surface area contributed by atoms with Crippen LogP contribution in [0.25, 0.3) is 10.1 Å². The summed E-state index contributed by atoms with van der Waals surface area (Å²) in [6.07, 6.45) is 18.5. The third-order valence-corrected chi connectivity index (χ3v) is 22.3. The van der Waals surface area contributed by atoms with E-state index in [0.29, 0.717) is 5.92 Å². The van der Waals surface area contributed by atoms with Crippen LogP contribution in [0.1, 0.15) is 193 Å². The minimum Gasteiger partial charge on any atom is -0.311 e.